The minimum atomic E-state index is -0.0658. The first-order chi connectivity index (χ1) is 13.8. The van der Waals surface area contributed by atoms with Crippen molar-refractivity contribution in [2.45, 2.75) is 25.3 Å². The van der Waals surface area contributed by atoms with E-state index in [1.807, 2.05) is 59.4 Å². The molecule has 3 heterocycles. The molecule has 1 aliphatic heterocycles. The molecule has 4 rings (SSSR count). The minimum Gasteiger partial charge on any atom is -0.395 e. The Labute approximate surface area is 164 Å². The first-order valence-electron chi connectivity index (χ1n) is 9.92. The topological polar surface area (TPSA) is 69.9 Å². The second-order valence-electron chi connectivity index (χ2n) is 7.29. The molecular formula is C22H26N4O2. The maximum atomic E-state index is 12.5. The zero-order valence-electron chi connectivity index (χ0n) is 15.9. The van der Waals surface area contributed by atoms with Crippen LogP contribution in [0, 0.1) is 0 Å². The molecule has 6 heteroatoms. The minimum absolute atomic E-state index is 0.0658. The summed E-state index contributed by atoms with van der Waals surface area (Å²) in [5.74, 6) is -0.0658. The third kappa shape index (κ3) is 3.93. The highest BCUT2D eigenvalue weighted by Gasteiger charge is 2.21. The second-order valence-corrected chi connectivity index (χ2v) is 7.29. The summed E-state index contributed by atoms with van der Waals surface area (Å²) in [6.45, 7) is 2.55. The van der Waals surface area contributed by atoms with Gasteiger partial charge in [-0.1, -0.05) is 24.6 Å². The number of aliphatic hydroxyl groups excluding tert-OH is 1. The van der Waals surface area contributed by atoms with E-state index in [1.165, 1.54) is 6.42 Å². The third-order valence-corrected chi connectivity index (χ3v) is 5.53. The zero-order valence-corrected chi connectivity index (χ0v) is 15.9. The molecule has 3 aromatic rings. The number of rotatable bonds is 6. The molecule has 1 saturated heterocycles. The van der Waals surface area contributed by atoms with Gasteiger partial charge in [0.05, 0.1) is 18.3 Å². The van der Waals surface area contributed by atoms with Gasteiger partial charge in [-0.25, -0.2) is 4.52 Å². The van der Waals surface area contributed by atoms with Crippen molar-refractivity contribution in [2.75, 3.05) is 26.2 Å². The van der Waals surface area contributed by atoms with Crippen LogP contribution in [0.3, 0.4) is 0 Å². The van der Waals surface area contributed by atoms with Crippen LogP contribution in [0.15, 0.2) is 54.9 Å². The number of carbonyl (C=O) groups is 1. The summed E-state index contributed by atoms with van der Waals surface area (Å²) in [4.78, 5) is 14.7. The summed E-state index contributed by atoms with van der Waals surface area (Å²) >= 11 is 0. The van der Waals surface area contributed by atoms with Crippen LogP contribution in [0.5, 0.6) is 0 Å². The van der Waals surface area contributed by atoms with Crippen LogP contribution < -0.4 is 5.32 Å². The van der Waals surface area contributed by atoms with Gasteiger partial charge >= 0.3 is 0 Å². The fourth-order valence-corrected chi connectivity index (χ4v) is 3.93. The average Bonchev–Trinajstić information content (AvgIpc) is 3.18. The number of nitrogens with zero attached hydrogens (tertiary/aromatic N) is 3. The van der Waals surface area contributed by atoms with E-state index in [0.717, 1.165) is 42.6 Å². The summed E-state index contributed by atoms with van der Waals surface area (Å²) in [7, 11) is 0. The fraction of sp³-hybridized carbons (Fsp3) is 0.364. The molecule has 0 aliphatic carbocycles. The van der Waals surface area contributed by atoms with E-state index in [9.17, 15) is 9.90 Å². The molecule has 1 aromatic carbocycles. The summed E-state index contributed by atoms with van der Waals surface area (Å²) in [5, 5.41) is 16.8. The summed E-state index contributed by atoms with van der Waals surface area (Å²) < 4.78 is 1.84. The lowest BCUT2D eigenvalue weighted by Crippen LogP contribution is -2.45. The molecule has 2 N–H and O–H groups in total. The van der Waals surface area contributed by atoms with Crippen LogP contribution in [0.25, 0.3) is 16.6 Å². The van der Waals surface area contributed by atoms with Crippen molar-refractivity contribution in [1.29, 1.82) is 0 Å². The van der Waals surface area contributed by atoms with E-state index in [0.29, 0.717) is 12.1 Å². The molecule has 1 unspecified atom stereocenters. The lowest BCUT2D eigenvalue weighted by Gasteiger charge is -2.34. The average molecular weight is 378 g/mol. The van der Waals surface area contributed by atoms with Crippen molar-refractivity contribution in [3.05, 3.63) is 60.4 Å². The zero-order chi connectivity index (χ0) is 19.3. The summed E-state index contributed by atoms with van der Waals surface area (Å²) in [6.07, 6.45) is 7.14. The summed E-state index contributed by atoms with van der Waals surface area (Å²) in [6, 6.07) is 13.8. The molecule has 0 radical (unpaired) electrons. The molecule has 0 bridgehead atoms. The molecule has 1 aliphatic rings. The van der Waals surface area contributed by atoms with E-state index in [-0.39, 0.29) is 18.6 Å². The Morgan fingerprint density at radius 3 is 2.86 bits per heavy atom. The number of amides is 1. The Hall–Kier alpha value is -2.70. The lowest BCUT2D eigenvalue weighted by molar-refractivity contribution is 0.0849. The Morgan fingerprint density at radius 1 is 1.18 bits per heavy atom. The standard InChI is InChI=1S/C22H26N4O2/c27-16-19-5-1-3-12-25(19)14-11-23-22(28)18-9-7-17(8-10-18)20-15-24-26-13-4-2-6-21(20)26/h2,4,6-10,13,15,19,27H,1,3,5,11-12,14,16H2,(H,23,28). The molecule has 6 nitrogen and oxygen atoms in total. The molecule has 1 amide bonds. The number of aromatic nitrogens is 2. The number of nitrogens with one attached hydrogen (secondary N) is 1. The number of piperidine rings is 1. The van der Waals surface area contributed by atoms with Crippen molar-refractivity contribution in [3.63, 3.8) is 0 Å². The highest BCUT2D eigenvalue weighted by molar-refractivity contribution is 5.95. The number of aliphatic hydroxyl groups is 1. The van der Waals surface area contributed by atoms with Crippen LogP contribution in [0.1, 0.15) is 29.6 Å². The first kappa shape index (κ1) is 18.7. The predicted molar refractivity (Wildman–Crippen MR) is 109 cm³/mol. The van der Waals surface area contributed by atoms with Crippen LogP contribution >= 0.6 is 0 Å². The number of hydrogen-bond donors (Lipinski definition) is 2. The van der Waals surface area contributed by atoms with Gasteiger partial charge < -0.3 is 10.4 Å². The predicted octanol–water partition coefficient (Wildman–Crippen LogP) is 2.58. The Bertz CT molecular complexity index is 935. The van der Waals surface area contributed by atoms with Gasteiger partial charge in [0.2, 0.25) is 0 Å². The Kier molecular flexibility index (Phi) is 5.69. The third-order valence-electron chi connectivity index (χ3n) is 5.53. The smallest absolute Gasteiger partial charge is 0.251 e. The van der Waals surface area contributed by atoms with Crippen molar-refractivity contribution in [3.8, 4) is 11.1 Å². The van der Waals surface area contributed by atoms with Gasteiger partial charge in [-0.15, -0.1) is 0 Å². The number of carbonyl (C=O) groups excluding carboxylic acids is 1. The molecule has 0 spiro atoms. The highest BCUT2D eigenvalue weighted by Crippen LogP contribution is 2.24. The highest BCUT2D eigenvalue weighted by atomic mass is 16.3. The molecule has 146 valence electrons. The quantitative estimate of drug-likeness (QED) is 0.692. The van der Waals surface area contributed by atoms with Gasteiger partial charge in [0.25, 0.3) is 5.91 Å². The number of benzene rings is 1. The van der Waals surface area contributed by atoms with E-state index < -0.39 is 0 Å². The van der Waals surface area contributed by atoms with Gasteiger partial charge in [-0.05, 0) is 49.2 Å². The molecule has 28 heavy (non-hydrogen) atoms. The van der Waals surface area contributed by atoms with Gasteiger partial charge in [-0.2, -0.15) is 5.10 Å². The van der Waals surface area contributed by atoms with Crippen LogP contribution in [0.2, 0.25) is 0 Å². The van der Waals surface area contributed by atoms with Crippen molar-refractivity contribution in [2.24, 2.45) is 0 Å². The van der Waals surface area contributed by atoms with Crippen LogP contribution in [-0.4, -0.2) is 57.8 Å². The molecule has 0 saturated carbocycles. The number of fused-ring (bicyclic) bond motifs is 1. The van der Waals surface area contributed by atoms with Gasteiger partial charge in [0, 0.05) is 36.5 Å². The maximum absolute atomic E-state index is 12.5. The monoisotopic (exact) mass is 378 g/mol. The first-order valence-corrected chi connectivity index (χ1v) is 9.92. The Balaban J connectivity index is 1.36. The second kappa shape index (κ2) is 8.54. The van der Waals surface area contributed by atoms with Crippen molar-refractivity contribution >= 4 is 11.4 Å². The number of pyridine rings is 1. The summed E-state index contributed by atoms with van der Waals surface area (Å²) in [5.41, 5.74) is 3.78. The van der Waals surface area contributed by atoms with Gasteiger partial charge in [0.15, 0.2) is 0 Å². The van der Waals surface area contributed by atoms with Gasteiger partial charge in [0.1, 0.15) is 0 Å². The molecule has 2 aromatic heterocycles. The largest absolute Gasteiger partial charge is 0.395 e. The number of hydrogen-bond acceptors (Lipinski definition) is 4. The van der Waals surface area contributed by atoms with Crippen molar-refractivity contribution in [1.82, 2.24) is 19.8 Å². The molecule has 1 fully saturated rings. The SMILES string of the molecule is O=C(NCCN1CCCCC1CO)c1ccc(-c2cnn3ccccc23)cc1. The van der Waals surface area contributed by atoms with Crippen molar-refractivity contribution < 1.29 is 9.90 Å². The van der Waals surface area contributed by atoms with E-state index >= 15 is 0 Å². The Morgan fingerprint density at radius 2 is 2.04 bits per heavy atom. The van der Waals surface area contributed by atoms with E-state index in [4.69, 9.17) is 0 Å². The van der Waals surface area contributed by atoms with Gasteiger partial charge in [-0.3, -0.25) is 9.69 Å². The van der Waals surface area contributed by atoms with E-state index in [2.05, 4.69) is 15.3 Å². The fourth-order valence-electron chi connectivity index (χ4n) is 3.93. The normalized spacial score (nSPS) is 17.7. The van der Waals surface area contributed by atoms with Crippen LogP contribution in [0.4, 0.5) is 0 Å². The number of likely N-dealkylation sites (tertiary alicyclic amines) is 1. The van der Waals surface area contributed by atoms with E-state index in [1.54, 1.807) is 0 Å². The van der Waals surface area contributed by atoms with Crippen LogP contribution in [-0.2, 0) is 0 Å². The maximum Gasteiger partial charge on any atom is 0.251 e. The molecular weight excluding hydrogens is 352 g/mol. The lowest BCUT2D eigenvalue weighted by atomic mass is 10.0. The molecule has 1 atom stereocenters.